The molecule has 0 aromatic carbocycles. The molecule has 0 radical (unpaired) electrons. The normalized spacial score (nSPS) is 14.1. The van der Waals surface area contributed by atoms with E-state index in [1.807, 2.05) is 6.92 Å². The van der Waals surface area contributed by atoms with E-state index in [2.05, 4.69) is 12.2 Å². The molecule has 0 heterocycles. The van der Waals surface area contributed by atoms with Crippen LogP contribution < -0.4 is 5.32 Å². The summed E-state index contributed by atoms with van der Waals surface area (Å²) < 4.78 is 28.3. The van der Waals surface area contributed by atoms with Crippen LogP contribution in [0.5, 0.6) is 0 Å². The summed E-state index contributed by atoms with van der Waals surface area (Å²) in [6.07, 6.45) is 20.1. The number of esters is 1. The molecule has 0 rings (SSSR count). The van der Waals surface area contributed by atoms with Gasteiger partial charge in [0.1, 0.15) is 6.10 Å². The van der Waals surface area contributed by atoms with Gasteiger partial charge in [0.05, 0.1) is 19.4 Å². The van der Waals surface area contributed by atoms with Gasteiger partial charge in [-0.15, -0.1) is 0 Å². The second-order valence-corrected chi connectivity index (χ2v) is 11.6. The second kappa shape index (κ2) is 25.2. The van der Waals surface area contributed by atoms with E-state index in [9.17, 15) is 14.3 Å². The number of carbonyl (C=O) groups is 1. The standard InChI is InChI=1S/C27H56NO6P/c1-4-6-7-8-9-10-11-12-13-14-15-16-17-18-19-22-32-24-26(34-27(29)20-5-2)25-33-35(30,31)23-21-28-3/h26,28H,4-25H2,1-3H3,(H,30,31). The van der Waals surface area contributed by atoms with Crippen LogP contribution in [-0.4, -0.2) is 56.5 Å². The highest BCUT2D eigenvalue weighted by Gasteiger charge is 2.23. The van der Waals surface area contributed by atoms with Crippen molar-refractivity contribution in [3.05, 3.63) is 0 Å². The van der Waals surface area contributed by atoms with Crippen molar-refractivity contribution in [3.63, 3.8) is 0 Å². The molecule has 0 fully saturated rings. The van der Waals surface area contributed by atoms with E-state index in [0.29, 0.717) is 26.0 Å². The van der Waals surface area contributed by atoms with Crippen molar-refractivity contribution in [2.45, 2.75) is 129 Å². The van der Waals surface area contributed by atoms with Gasteiger partial charge in [-0.1, -0.05) is 104 Å². The second-order valence-electron chi connectivity index (χ2n) is 9.65. The molecule has 0 bridgehead atoms. The van der Waals surface area contributed by atoms with Gasteiger partial charge >= 0.3 is 13.6 Å². The van der Waals surface area contributed by atoms with Crippen LogP contribution in [0.3, 0.4) is 0 Å². The van der Waals surface area contributed by atoms with Gasteiger partial charge in [-0.2, -0.15) is 0 Å². The molecule has 0 aromatic heterocycles. The Balaban J connectivity index is 3.77. The summed E-state index contributed by atoms with van der Waals surface area (Å²) in [4.78, 5) is 21.7. The maximum absolute atomic E-state index is 12.0. The molecule has 0 saturated carbocycles. The van der Waals surface area contributed by atoms with E-state index in [4.69, 9.17) is 14.0 Å². The molecule has 0 aromatic rings. The van der Waals surface area contributed by atoms with Gasteiger partial charge in [0.2, 0.25) is 0 Å². The van der Waals surface area contributed by atoms with Crippen LogP contribution in [0.15, 0.2) is 0 Å². The summed E-state index contributed by atoms with van der Waals surface area (Å²) in [5.41, 5.74) is 0. The maximum atomic E-state index is 12.0. The lowest BCUT2D eigenvalue weighted by Gasteiger charge is -2.20. The Morgan fingerprint density at radius 2 is 1.31 bits per heavy atom. The SMILES string of the molecule is CCCCCCCCCCCCCCCCCOCC(COP(=O)(O)CCNC)OC(=O)CCC. The number of unbranched alkanes of at least 4 members (excludes halogenated alkanes) is 14. The molecule has 8 heteroatoms. The highest BCUT2D eigenvalue weighted by Crippen LogP contribution is 2.41. The Morgan fingerprint density at radius 1 is 0.800 bits per heavy atom. The van der Waals surface area contributed by atoms with E-state index in [1.54, 1.807) is 7.05 Å². The summed E-state index contributed by atoms with van der Waals surface area (Å²) in [5.74, 6) is -0.334. The Morgan fingerprint density at radius 3 is 1.80 bits per heavy atom. The Hall–Kier alpha value is -0.460. The van der Waals surface area contributed by atoms with E-state index in [0.717, 1.165) is 12.8 Å². The number of carbonyl (C=O) groups excluding carboxylic acids is 1. The average molecular weight is 522 g/mol. The van der Waals surface area contributed by atoms with Crippen molar-refractivity contribution in [2.24, 2.45) is 0 Å². The zero-order chi connectivity index (χ0) is 26.0. The number of ether oxygens (including phenoxy) is 2. The van der Waals surface area contributed by atoms with Crippen molar-refractivity contribution < 1.29 is 28.3 Å². The minimum absolute atomic E-state index is 0.0130. The Kier molecular flexibility index (Phi) is 24.9. The molecule has 0 aliphatic carbocycles. The first kappa shape index (κ1) is 34.5. The Labute approximate surface area is 216 Å². The van der Waals surface area contributed by atoms with Gasteiger partial charge in [0.15, 0.2) is 0 Å². The molecule has 7 nitrogen and oxygen atoms in total. The summed E-state index contributed by atoms with van der Waals surface area (Å²) in [7, 11) is -2.00. The zero-order valence-corrected chi connectivity index (χ0v) is 24.0. The fourth-order valence-electron chi connectivity index (χ4n) is 3.87. The third kappa shape index (κ3) is 25.0. The molecule has 35 heavy (non-hydrogen) atoms. The summed E-state index contributed by atoms with van der Waals surface area (Å²) in [6, 6.07) is 0. The van der Waals surface area contributed by atoms with Crippen LogP contribution in [0.4, 0.5) is 0 Å². The first-order chi connectivity index (χ1) is 16.9. The smallest absolute Gasteiger partial charge is 0.329 e. The summed E-state index contributed by atoms with van der Waals surface area (Å²) >= 11 is 0. The number of hydrogen-bond acceptors (Lipinski definition) is 6. The lowest BCUT2D eigenvalue weighted by molar-refractivity contribution is -0.154. The zero-order valence-electron chi connectivity index (χ0n) is 23.1. The molecule has 2 unspecified atom stereocenters. The lowest BCUT2D eigenvalue weighted by Crippen LogP contribution is -2.28. The van der Waals surface area contributed by atoms with Crippen molar-refractivity contribution in [2.75, 3.05) is 39.6 Å². The predicted molar refractivity (Wildman–Crippen MR) is 145 cm³/mol. The van der Waals surface area contributed by atoms with Gasteiger partial charge in [-0.3, -0.25) is 9.36 Å². The number of nitrogens with one attached hydrogen (secondary N) is 1. The van der Waals surface area contributed by atoms with E-state index < -0.39 is 13.7 Å². The average Bonchev–Trinajstić information content (AvgIpc) is 2.83. The van der Waals surface area contributed by atoms with Crippen LogP contribution in [0, 0.1) is 0 Å². The quantitative estimate of drug-likeness (QED) is 0.0682. The van der Waals surface area contributed by atoms with Crippen molar-refractivity contribution >= 4 is 13.6 Å². The van der Waals surface area contributed by atoms with E-state index in [-0.39, 0.29) is 25.3 Å². The van der Waals surface area contributed by atoms with E-state index >= 15 is 0 Å². The van der Waals surface area contributed by atoms with Crippen molar-refractivity contribution in [1.29, 1.82) is 0 Å². The summed E-state index contributed by atoms with van der Waals surface area (Å²) in [5, 5.41) is 2.82. The van der Waals surface area contributed by atoms with Gasteiger partial charge in [-0.05, 0) is 19.9 Å². The molecule has 2 N–H and O–H groups in total. The molecular weight excluding hydrogens is 465 g/mol. The molecule has 0 aliphatic rings. The first-order valence-corrected chi connectivity index (χ1v) is 16.1. The predicted octanol–water partition coefficient (Wildman–Crippen LogP) is 7.01. The molecule has 0 spiro atoms. The third-order valence-electron chi connectivity index (χ3n) is 6.05. The number of rotatable bonds is 27. The fraction of sp³-hybridized carbons (Fsp3) is 0.963. The minimum Gasteiger partial charge on any atom is -0.457 e. The third-order valence-corrected chi connectivity index (χ3v) is 7.40. The van der Waals surface area contributed by atoms with Crippen LogP contribution >= 0.6 is 7.60 Å². The topological polar surface area (TPSA) is 94.1 Å². The monoisotopic (exact) mass is 521 g/mol. The molecular formula is C27H56NO6P. The van der Waals surface area contributed by atoms with E-state index in [1.165, 1.54) is 83.5 Å². The largest absolute Gasteiger partial charge is 0.457 e. The minimum atomic E-state index is -3.71. The molecule has 210 valence electrons. The van der Waals surface area contributed by atoms with Crippen LogP contribution in [0.2, 0.25) is 0 Å². The Bertz CT molecular complexity index is 520. The fourth-order valence-corrected chi connectivity index (χ4v) is 4.91. The molecule has 0 amide bonds. The summed E-state index contributed by atoms with van der Waals surface area (Å²) in [6.45, 7) is 5.19. The molecule has 2 atom stereocenters. The molecule has 0 saturated heterocycles. The van der Waals surface area contributed by atoms with Gasteiger partial charge in [0.25, 0.3) is 0 Å². The van der Waals surface area contributed by atoms with Crippen molar-refractivity contribution in [1.82, 2.24) is 5.32 Å². The van der Waals surface area contributed by atoms with Gasteiger partial charge in [0, 0.05) is 19.6 Å². The lowest BCUT2D eigenvalue weighted by atomic mass is 10.0. The van der Waals surface area contributed by atoms with Crippen molar-refractivity contribution in [3.8, 4) is 0 Å². The maximum Gasteiger partial charge on any atom is 0.329 e. The van der Waals surface area contributed by atoms with Crippen LogP contribution in [0.25, 0.3) is 0 Å². The first-order valence-electron chi connectivity index (χ1n) is 14.3. The molecule has 0 aliphatic heterocycles. The highest BCUT2D eigenvalue weighted by molar-refractivity contribution is 7.52. The number of hydrogen-bond donors (Lipinski definition) is 2. The van der Waals surface area contributed by atoms with Crippen LogP contribution in [0.1, 0.15) is 123 Å². The van der Waals surface area contributed by atoms with Crippen LogP contribution in [-0.2, 0) is 23.4 Å². The highest BCUT2D eigenvalue weighted by atomic mass is 31.2. The van der Waals surface area contributed by atoms with Gasteiger partial charge < -0.3 is 24.2 Å². The van der Waals surface area contributed by atoms with Gasteiger partial charge in [-0.25, -0.2) is 0 Å².